The van der Waals surface area contributed by atoms with E-state index in [1.54, 1.807) is 6.92 Å². The molecule has 9 heteroatoms. The monoisotopic (exact) mass is 270 g/mol. The number of carboxylic acid groups (broad SMARTS) is 1. The molecule has 0 aliphatic carbocycles. The predicted molar refractivity (Wildman–Crippen MR) is 63.0 cm³/mol. The van der Waals surface area contributed by atoms with Crippen molar-refractivity contribution in [2.45, 2.75) is 13.0 Å². The van der Waals surface area contributed by atoms with Crippen LogP contribution < -0.4 is 16.0 Å². The Bertz CT molecular complexity index is 650. The number of rotatable bonds is 4. The van der Waals surface area contributed by atoms with E-state index < -0.39 is 12.0 Å². The first-order chi connectivity index (χ1) is 8.47. The standard InChI is InChI=1S/C9H10N4O4S/c1-4-2-6(14)13-8(11-4)18-9(12-13)17-3-5(10)7(15)16/h2,5H,3,10H2,1H3,(H,15,16)/t5-/m0/s1. The van der Waals surface area contributed by atoms with E-state index in [0.29, 0.717) is 10.7 Å². The average Bonchev–Trinajstić information content (AvgIpc) is 2.68. The maximum atomic E-state index is 11.6. The van der Waals surface area contributed by atoms with Crippen molar-refractivity contribution in [3.8, 4) is 5.19 Å². The summed E-state index contributed by atoms with van der Waals surface area (Å²) in [5.74, 6) is -1.16. The van der Waals surface area contributed by atoms with Crippen LogP contribution in [-0.2, 0) is 4.79 Å². The fourth-order valence-electron chi connectivity index (χ4n) is 1.19. The Hall–Kier alpha value is -2.00. The zero-order valence-corrected chi connectivity index (χ0v) is 10.2. The van der Waals surface area contributed by atoms with Gasteiger partial charge in [-0.25, -0.2) is 4.98 Å². The molecule has 0 aliphatic rings. The Labute approximate surface area is 105 Å². The number of aryl methyl sites for hydroxylation is 1. The second-order valence-corrected chi connectivity index (χ2v) is 4.47. The van der Waals surface area contributed by atoms with Crippen LogP contribution in [0.15, 0.2) is 10.9 Å². The first-order valence-electron chi connectivity index (χ1n) is 4.96. The molecule has 0 radical (unpaired) electrons. The number of nitrogens with zero attached hydrogens (tertiary/aromatic N) is 3. The maximum absolute atomic E-state index is 11.6. The van der Waals surface area contributed by atoms with Crippen LogP contribution in [-0.4, -0.2) is 38.3 Å². The minimum Gasteiger partial charge on any atom is -0.480 e. The van der Waals surface area contributed by atoms with Gasteiger partial charge < -0.3 is 15.6 Å². The van der Waals surface area contributed by atoms with Crippen LogP contribution >= 0.6 is 11.3 Å². The van der Waals surface area contributed by atoms with E-state index in [1.165, 1.54) is 6.07 Å². The maximum Gasteiger partial charge on any atom is 0.324 e. The Morgan fingerprint density at radius 3 is 3.11 bits per heavy atom. The van der Waals surface area contributed by atoms with Gasteiger partial charge in [0.15, 0.2) is 0 Å². The van der Waals surface area contributed by atoms with Gasteiger partial charge in [-0.05, 0) is 18.3 Å². The van der Waals surface area contributed by atoms with E-state index in [2.05, 4.69) is 10.1 Å². The highest BCUT2D eigenvalue weighted by Crippen LogP contribution is 2.18. The third-order valence-electron chi connectivity index (χ3n) is 2.06. The van der Waals surface area contributed by atoms with E-state index in [0.717, 1.165) is 15.9 Å². The minimum atomic E-state index is -1.16. The van der Waals surface area contributed by atoms with Gasteiger partial charge in [-0.1, -0.05) is 0 Å². The van der Waals surface area contributed by atoms with Gasteiger partial charge in [0.05, 0.1) is 0 Å². The average molecular weight is 270 g/mol. The summed E-state index contributed by atoms with van der Waals surface area (Å²) in [6.45, 7) is 1.48. The van der Waals surface area contributed by atoms with Gasteiger partial charge in [-0.15, -0.1) is 5.10 Å². The Morgan fingerprint density at radius 1 is 1.72 bits per heavy atom. The van der Waals surface area contributed by atoms with E-state index in [1.807, 2.05) is 0 Å². The van der Waals surface area contributed by atoms with Crippen LogP contribution in [0.1, 0.15) is 5.69 Å². The Kier molecular flexibility index (Phi) is 3.26. The molecule has 2 aromatic heterocycles. The topological polar surface area (TPSA) is 120 Å². The third-order valence-corrected chi connectivity index (χ3v) is 2.88. The zero-order valence-electron chi connectivity index (χ0n) is 9.36. The molecule has 0 aliphatic heterocycles. The predicted octanol–water partition coefficient (Wildman–Crippen LogP) is -0.750. The molecule has 0 aromatic carbocycles. The molecule has 3 N–H and O–H groups in total. The van der Waals surface area contributed by atoms with Crippen molar-refractivity contribution in [2.75, 3.05) is 6.61 Å². The number of nitrogens with two attached hydrogens (primary N) is 1. The molecule has 18 heavy (non-hydrogen) atoms. The van der Waals surface area contributed by atoms with Crippen molar-refractivity contribution in [2.24, 2.45) is 5.73 Å². The number of carboxylic acids is 1. The SMILES string of the molecule is Cc1cc(=O)n2nc(OC[C@H](N)C(=O)O)sc2n1. The summed E-state index contributed by atoms with van der Waals surface area (Å²) in [5, 5.41) is 12.6. The molecule has 0 bridgehead atoms. The van der Waals surface area contributed by atoms with Gasteiger partial charge in [0.2, 0.25) is 4.96 Å². The second kappa shape index (κ2) is 4.70. The molecule has 0 saturated carbocycles. The summed E-state index contributed by atoms with van der Waals surface area (Å²) < 4.78 is 6.21. The lowest BCUT2D eigenvalue weighted by atomic mass is 10.3. The van der Waals surface area contributed by atoms with Gasteiger partial charge >= 0.3 is 5.97 Å². The summed E-state index contributed by atoms with van der Waals surface area (Å²) in [7, 11) is 0. The first kappa shape index (κ1) is 12.5. The van der Waals surface area contributed by atoms with Crippen molar-refractivity contribution in [3.63, 3.8) is 0 Å². The number of ether oxygens (including phenoxy) is 1. The number of hydrogen-bond donors (Lipinski definition) is 2. The zero-order chi connectivity index (χ0) is 13.3. The summed E-state index contributed by atoms with van der Waals surface area (Å²) >= 11 is 1.05. The molecular weight excluding hydrogens is 260 g/mol. The van der Waals surface area contributed by atoms with Crippen LogP contribution in [0.5, 0.6) is 5.19 Å². The van der Waals surface area contributed by atoms with Crippen LogP contribution in [0.4, 0.5) is 0 Å². The lowest BCUT2D eigenvalue weighted by Crippen LogP contribution is -2.36. The summed E-state index contributed by atoms with van der Waals surface area (Å²) in [4.78, 5) is 26.6. The smallest absolute Gasteiger partial charge is 0.324 e. The van der Waals surface area contributed by atoms with Crippen molar-refractivity contribution in [1.29, 1.82) is 0 Å². The van der Waals surface area contributed by atoms with Gasteiger partial charge in [0.1, 0.15) is 12.6 Å². The summed E-state index contributed by atoms with van der Waals surface area (Å²) in [5.41, 5.74) is 5.55. The summed E-state index contributed by atoms with van der Waals surface area (Å²) in [6, 6.07) is 0.211. The van der Waals surface area contributed by atoms with Crippen molar-refractivity contribution in [3.05, 3.63) is 22.1 Å². The van der Waals surface area contributed by atoms with Crippen LogP contribution in [0, 0.1) is 6.92 Å². The lowest BCUT2D eigenvalue weighted by molar-refractivity contribution is -0.139. The molecule has 2 rings (SSSR count). The van der Waals surface area contributed by atoms with Crippen molar-refractivity contribution >= 4 is 22.3 Å². The molecule has 0 spiro atoms. The molecule has 8 nitrogen and oxygen atoms in total. The van der Waals surface area contributed by atoms with Crippen LogP contribution in [0.3, 0.4) is 0 Å². The molecule has 0 fully saturated rings. The van der Waals surface area contributed by atoms with Gasteiger partial charge in [0.25, 0.3) is 10.8 Å². The largest absolute Gasteiger partial charge is 0.480 e. The molecule has 2 heterocycles. The van der Waals surface area contributed by atoms with Gasteiger partial charge in [-0.2, -0.15) is 4.52 Å². The normalized spacial score (nSPS) is 12.6. The number of aromatic nitrogens is 3. The van der Waals surface area contributed by atoms with Crippen LogP contribution in [0.25, 0.3) is 4.96 Å². The van der Waals surface area contributed by atoms with Crippen molar-refractivity contribution in [1.82, 2.24) is 14.6 Å². The molecule has 0 saturated heterocycles. The Balaban J connectivity index is 2.23. The van der Waals surface area contributed by atoms with Gasteiger partial charge in [-0.3, -0.25) is 9.59 Å². The number of hydrogen-bond acceptors (Lipinski definition) is 7. The molecule has 1 atom stereocenters. The second-order valence-electron chi connectivity index (χ2n) is 3.55. The minimum absolute atomic E-state index is 0.155. The fourth-order valence-corrected chi connectivity index (χ4v) is 2.01. The Morgan fingerprint density at radius 2 is 2.44 bits per heavy atom. The van der Waals surface area contributed by atoms with Crippen LogP contribution in [0.2, 0.25) is 0 Å². The lowest BCUT2D eigenvalue weighted by Gasteiger charge is -2.04. The molecule has 2 aromatic rings. The molecular formula is C9H10N4O4S. The quantitative estimate of drug-likeness (QED) is 0.750. The number of fused-ring (bicyclic) bond motifs is 1. The summed E-state index contributed by atoms with van der Waals surface area (Å²) in [6.07, 6.45) is 0. The fraction of sp³-hybridized carbons (Fsp3) is 0.333. The van der Waals surface area contributed by atoms with E-state index in [9.17, 15) is 9.59 Å². The van der Waals surface area contributed by atoms with Gasteiger partial charge in [0, 0.05) is 11.8 Å². The van der Waals surface area contributed by atoms with E-state index >= 15 is 0 Å². The van der Waals surface area contributed by atoms with Crippen molar-refractivity contribution < 1.29 is 14.6 Å². The molecule has 0 amide bonds. The highest BCUT2D eigenvalue weighted by molar-refractivity contribution is 7.18. The highest BCUT2D eigenvalue weighted by Gasteiger charge is 2.14. The third kappa shape index (κ3) is 2.46. The van der Waals surface area contributed by atoms with E-state index in [-0.39, 0.29) is 17.4 Å². The number of aliphatic carboxylic acids is 1. The highest BCUT2D eigenvalue weighted by atomic mass is 32.1. The van der Waals surface area contributed by atoms with E-state index in [4.69, 9.17) is 15.6 Å². The molecule has 0 unspecified atom stereocenters. The first-order valence-corrected chi connectivity index (χ1v) is 5.78. The molecule has 96 valence electrons. The number of carbonyl (C=O) groups is 1.